The number of ether oxygens (including phenoxy) is 1. The summed E-state index contributed by atoms with van der Waals surface area (Å²) in [5.41, 5.74) is 3.05. The van der Waals surface area contributed by atoms with E-state index in [0.29, 0.717) is 40.5 Å². The van der Waals surface area contributed by atoms with E-state index in [2.05, 4.69) is 25.4 Å². The number of carbonyl (C=O) groups is 2. The molecule has 0 saturated heterocycles. The van der Waals surface area contributed by atoms with Gasteiger partial charge in [-0.15, -0.1) is 0 Å². The predicted molar refractivity (Wildman–Crippen MR) is 120 cm³/mol. The fourth-order valence-electron chi connectivity index (χ4n) is 3.41. The van der Waals surface area contributed by atoms with Crippen LogP contribution in [0.4, 0.5) is 4.39 Å². The lowest BCUT2D eigenvalue weighted by molar-refractivity contribution is 0.0824. The zero-order chi connectivity index (χ0) is 24.2. The van der Waals surface area contributed by atoms with Crippen molar-refractivity contribution in [2.45, 2.75) is 32.9 Å². The molecule has 0 saturated carbocycles. The number of halogens is 1. The van der Waals surface area contributed by atoms with Crippen LogP contribution in [0.5, 0.6) is 5.75 Å². The second kappa shape index (κ2) is 9.74. The second-order valence-electron chi connectivity index (χ2n) is 7.70. The standard InChI is InChI=1S/C24H22FN5O4/c1-13(31)16-5-7-18(26-12-16)23-10-20(30-34-23)19-9-21(29-14(2)28-19)24(32)27-11-15-4-6-17(25)22(8-15)33-3/h4-9,12,23H,10-11H2,1-3H3,(H,27,32). The summed E-state index contributed by atoms with van der Waals surface area (Å²) in [6.07, 6.45) is 1.49. The van der Waals surface area contributed by atoms with Crippen LogP contribution >= 0.6 is 0 Å². The van der Waals surface area contributed by atoms with Crippen LogP contribution in [0, 0.1) is 12.7 Å². The summed E-state index contributed by atoms with van der Waals surface area (Å²) in [6.45, 7) is 3.33. The Morgan fingerprint density at radius 3 is 2.74 bits per heavy atom. The van der Waals surface area contributed by atoms with Crippen molar-refractivity contribution < 1.29 is 23.6 Å². The van der Waals surface area contributed by atoms with E-state index in [1.165, 1.54) is 32.4 Å². The second-order valence-corrected chi connectivity index (χ2v) is 7.70. The third-order valence-electron chi connectivity index (χ3n) is 5.23. The lowest BCUT2D eigenvalue weighted by Crippen LogP contribution is -2.25. The Balaban J connectivity index is 1.44. The number of nitrogens with one attached hydrogen (secondary N) is 1. The molecule has 0 spiro atoms. The van der Waals surface area contributed by atoms with Crippen LogP contribution < -0.4 is 10.1 Å². The van der Waals surface area contributed by atoms with Gasteiger partial charge in [-0.25, -0.2) is 14.4 Å². The average molecular weight is 463 g/mol. The number of amides is 1. The molecule has 34 heavy (non-hydrogen) atoms. The summed E-state index contributed by atoms with van der Waals surface area (Å²) in [6, 6.07) is 9.34. The van der Waals surface area contributed by atoms with Gasteiger partial charge in [0, 0.05) is 24.7 Å². The van der Waals surface area contributed by atoms with Crippen molar-refractivity contribution in [2.24, 2.45) is 5.16 Å². The van der Waals surface area contributed by atoms with Crippen molar-refractivity contribution in [3.63, 3.8) is 0 Å². The number of hydrogen-bond acceptors (Lipinski definition) is 8. The highest BCUT2D eigenvalue weighted by atomic mass is 19.1. The first-order chi connectivity index (χ1) is 16.3. The van der Waals surface area contributed by atoms with E-state index < -0.39 is 17.8 Å². The predicted octanol–water partition coefficient (Wildman–Crippen LogP) is 3.33. The Hall–Kier alpha value is -4.21. The minimum absolute atomic E-state index is 0.0656. The van der Waals surface area contributed by atoms with Gasteiger partial charge in [0.05, 0.1) is 18.5 Å². The maximum absolute atomic E-state index is 13.6. The Morgan fingerprint density at radius 2 is 2.03 bits per heavy atom. The molecule has 1 N–H and O–H groups in total. The number of nitrogens with zero attached hydrogens (tertiary/aromatic N) is 4. The molecule has 1 amide bonds. The lowest BCUT2D eigenvalue weighted by atomic mass is 10.1. The van der Waals surface area contributed by atoms with Crippen molar-refractivity contribution in [3.8, 4) is 5.75 Å². The molecule has 3 aromatic rings. The SMILES string of the molecule is COc1cc(CNC(=O)c2cc(C3=NOC(c4ccc(C(C)=O)cn4)C3)nc(C)n2)ccc1F. The zero-order valence-electron chi connectivity index (χ0n) is 18.8. The van der Waals surface area contributed by atoms with E-state index in [4.69, 9.17) is 9.57 Å². The molecule has 174 valence electrons. The van der Waals surface area contributed by atoms with Gasteiger partial charge in [0.15, 0.2) is 23.5 Å². The zero-order valence-corrected chi connectivity index (χ0v) is 18.8. The molecule has 10 heteroatoms. The molecular formula is C24H22FN5O4. The fourth-order valence-corrected chi connectivity index (χ4v) is 3.41. The molecule has 1 atom stereocenters. The normalized spacial score (nSPS) is 14.8. The highest BCUT2D eigenvalue weighted by molar-refractivity contribution is 6.02. The average Bonchev–Trinajstić information content (AvgIpc) is 3.33. The third kappa shape index (κ3) is 5.06. The van der Waals surface area contributed by atoms with Gasteiger partial charge in [-0.05, 0) is 49.7 Å². The first-order valence-corrected chi connectivity index (χ1v) is 10.5. The van der Waals surface area contributed by atoms with Crippen molar-refractivity contribution in [1.82, 2.24) is 20.3 Å². The number of benzene rings is 1. The Morgan fingerprint density at radius 1 is 1.21 bits per heavy atom. The van der Waals surface area contributed by atoms with Gasteiger partial charge in [-0.3, -0.25) is 14.6 Å². The van der Waals surface area contributed by atoms with Crippen LogP contribution in [-0.2, 0) is 11.4 Å². The van der Waals surface area contributed by atoms with Crippen LogP contribution in [0.1, 0.15) is 63.1 Å². The Labute approximate surface area is 195 Å². The summed E-state index contributed by atoms with van der Waals surface area (Å²) < 4.78 is 18.6. The van der Waals surface area contributed by atoms with Crippen molar-refractivity contribution in [3.05, 3.63) is 82.4 Å². The molecule has 0 aliphatic carbocycles. The highest BCUT2D eigenvalue weighted by Crippen LogP contribution is 2.28. The van der Waals surface area contributed by atoms with E-state index in [1.54, 1.807) is 31.2 Å². The topological polar surface area (TPSA) is 116 Å². The molecule has 0 fully saturated rings. The minimum atomic E-state index is -0.475. The number of aromatic nitrogens is 3. The van der Waals surface area contributed by atoms with Crippen LogP contribution in [0.25, 0.3) is 0 Å². The Kier molecular flexibility index (Phi) is 6.58. The van der Waals surface area contributed by atoms with Crippen LogP contribution in [0.2, 0.25) is 0 Å². The number of carbonyl (C=O) groups excluding carboxylic acids is 2. The van der Waals surface area contributed by atoms with E-state index >= 15 is 0 Å². The van der Waals surface area contributed by atoms with Gasteiger partial charge in [-0.1, -0.05) is 11.2 Å². The first kappa shape index (κ1) is 23.0. The number of pyridine rings is 1. The molecule has 3 heterocycles. The van der Waals surface area contributed by atoms with Gasteiger partial charge in [0.1, 0.15) is 17.2 Å². The molecule has 4 rings (SSSR count). The largest absolute Gasteiger partial charge is 0.494 e. The monoisotopic (exact) mass is 463 g/mol. The number of oxime groups is 1. The highest BCUT2D eigenvalue weighted by Gasteiger charge is 2.27. The van der Waals surface area contributed by atoms with E-state index in [1.807, 2.05) is 0 Å². The van der Waals surface area contributed by atoms with Crippen LogP contribution in [0.15, 0.2) is 47.8 Å². The van der Waals surface area contributed by atoms with Crippen LogP contribution in [-0.4, -0.2) is 39.5 Å². The fraction of sp³-hybridized carbons (Fsp3) is 0.250. The molecular weight excluding hydrogens is 441 g/mol. The van der Waals surface area contributed by atoms with Gasteiger partial charge in [0.2, 0.25) is 0 Å². The summed E-state index contributed by atoms with van der Waals surface area (Å²) >= 11 is 0. The third-order valence-corrected chi connectivity index (χ3v) is 5.23. The molecule has 1 unspecified atom stereocenters. The summed E-state index contributed by atoms with van der Waals surface area (Å²) in [7, 11) is 1.38. The van der Waals surface area contributed by atoms with E-state index in [9.17, 15) is 14.0 Å². The molecule has 1 aliphatic rings. The van der Waals surface area contributed by atoms with Gasteiger partial charge < -0.3 is 14.9 Å². The molecule has 1 aliphatic heterocycles. The van der Waals surface area contributed by atoms with E-state index in [0.717, 1.165) is 0 Å². The number of ketones is 1. The van der Waals surface area contributed by atoms with Crippen molar-refractivity contribution in [1.29, 1.82) is 0 Å². The number of methoxy groups -OCH3 is 1. The van der Waals surface area contributed by atoms with Gasteiger partial charge in [-0.2, -0.15) is 0 Å². The van der Waals surface area contributed by atoms with Crippen molar-refractivity contribution >= 4 is 17.4 Å². The first-order valence-electron chi connectivity index (χ1n) is 10.5. The number of hydrogen-bond donors (Lipinski definition) is 1. The minimum Gasteiger partial charge on any atom is -0.494 e. The quantitative estimate of drug-likeness (QED) is 0.534. The van der Waals surface area contributed by atoms with Gasteiger partial charge >= 0.3 is 0 Å². The maximum Gasteiger partial charge on any atom is 0.270 e. The number of Topliss-reactive ketones (excluding diaryl/α,β-unsaturated/α-hetero) is 1. The summed E-state index contributed by atoms with van der Waals surface area (Å²) in [5.74, 6) is -0.444. The molecule has 2 aromatic heterocycles. The number of rotatable bonds is 7. The van der Waals surface area contributed by atoms with Crippen LogP contribution in [0.3, 0.4) is 0 Å². The smallest absolute Gasteiger partial charge is 0.270 e. The van der Waals surface area contributed by atoms with Crippen molar-refractivity contribution in [2.75, 3.05) is 7.11 Å². The molecule has 0 bridgehead atoms. The lowest BCUT2D eigenvalue weighted by Gasteiger charge is -2.09. The summed E-state index contributed by atoms with van der Waals surface area (Å²) in [4.78, 5) is 42.6. The summed E-state index contributed by atoms with van der Waals surface area (Å²) in [5, 5.41) is 6.89. The Bertz CT molecular complexity index is 1280. The molecule has 0 radical (unpaired) electrons. The van der Waals surface area contributed by atoms with Gasteiger partial charge in [0.25, 0.3) is 5.91 Å². The maximum atomic E-state index is 13.6. The molecule has 9 nitrogen and oxygen atoms in total. The number of aryl methyl sites for hydroxylation is 1. The van der Waals surface area contributed by atoms with E-state index in [-0.39, 0.29) is 23.8 Å². The molecule has 1 aromatic carbocycles.